The predicted molar refractivity (Wildman–Crippen MR) is 71.9 cm³/mol. The van der Waals surface area contributed by atoms with Gasteiger partial charge in [0.15, 0.2) is 5.82 Å². The number of aromatic carboxylic acids is 1. The first-order chi connectivity index (χ1) is 9.95. The Bertz CT molecular complexity index is 682. The average Bonchev–Trinajstić information content (AvgIpc) is 2.84. The SMILES string of the molecule is Cn1cnc(CNC(=O)Nc2ccc(O)c(C(=O)O)c2)n1. The Kier molecular flexibility index (Phi) is 4.02. The minimum atomic E-state index is -1.28. The van der Waals surface area contributed by atoms with E-state index < -0.39 is 12.0 Å². The van der Waals surface area contributed by atoms with Crippen LogP contribution < -0.4 is 10.6 Å². The lowest BCUT2D eigenvalue weighted by molar-refractivity contribution is 0.0693. The van der Waals surface area contributed by atoms with Crippen LogP contribution in [0, 0.1) is 0 Å². The Balaban J connectivity index is 1.96. The zero-order valence-electron chi connectivity index (χ0n) is 11.1. The Morgan fingerprint density at radius 1 is 1.38 bits per heavy atom. The molecule has 0 saturated heterocycles. The van der Waals surface area contributed by atoms with Gasteiger partial charge < -0.3 is 20.8 Å². The van der Waals surface area contributed by atoms with Gasteiger partial charge in [0.1, 0.15) is 17.6 Å². The van der Waals surface area contributed by atoms with Gasteiger partial charge in [-0.15, -0.1) is 0 Å². The molecule has 0 saturated carbocycles. The van der Waals surface area contributed by atoms with Crippen molar-refractivity contribution in [3.8, 4) is 5.75 Å². The van der Waals surface area contributed by atoms with E-state index in [1.807, 2.05) is 0 Å². The zero-order valence-corrected chi connectivity index (χ0v) is 11.1. The minimum Gasteiger partial charge on any atom is -0.507 e. The number of phenols is 1. The number of hydrogen-bond acceptors (Lipinski definition) is 5. The molecule has 0 fully saturated rings. The standard InChI is InChI=1S/C12H13N5O4/c1-17-6-14-10(16-17)5-13-12(21)15-7-2-3-9(18)8(4-7)11(19)20/h2-4,6,18H,5H2,1H3,(H,19,20)(H2,13,15,21). The van der Waals surface area contributed by atoms with Gasteiger partial charge in [-0.25, -0.2) is 14.6 Å². The maximum atomic E-state index is 11.7. The summed E-state index contributed by atoms with van der Waals surface area (Å²) in [6, 6.07) is 3.21. The summed E-state index contributed by atoms with van der Waals surface area (Å²) in [7, 11) is 1.71. The van der Waals surface area contributed by atoms with Gasteiger partial charge in [0.05, 0.1) is 6.54 Å². The Morgan fingerprint density at radius 3 is 2.76 bits per heavy atom. The molecule has 21 heavy (non-hydrogen) atoms. The highest BCUT2D eigenvalue weighted by Gasteiger charge is 2.11. The fourth-order valence-corrected chi connectivity index (χ4v) is 1.58. The number of carbonyl (C=O) groups excluding carboxylic acids is 1. The van der Waals surface area contributed by atoms with E-state index in [0.29, 0.717) is 5.82 Å². The summed E-state index contributed by atoms with van der Waals surface area (Å²) in [4.78, 5) is 26.5. The van der Waals surface area contributed by atoms with Crippen LogP contribution in [0.25, 0.3) is 0 Å². The third-order valence-corrected chi connectivity index (χ3v) is 2.54. The summed E-state index contributed by atoms with van der Waals surface area (Å²) in [6.07, 6.45) is 1.51. The number of carbonyl (C=O) groups is 2. The molecule has 0 aliphatic rings. The van der Waals surface area contributed by atoms with Crippen molar-refractivity contribution < 1.29 is 19.8 Å². The Hall–Kier alpha value is -3.10. The molecule has 0 aliphatic carbocycles. The fraction of sp³-hybridized carbons (Fsp3) is 0.167. The molecule has 1 aromatic heterocycles. The number of aryl methyl sites for hydroxylation is 1. The van der Waals surface area contributed by atoms with E-state index in [-0.39, 0.29) is 23.5 Å². The molecule has 4 N–H and O–H groups in total. The van der Waals surface area contributed by atoms with Crippen LogP contribution in [0.3, 0.4) is 0 Å². The monoisotopic (exact) mass is 291 g/mol. The normalized spacial score (nSPS) is 10.1. The van der Waals surface area contributed by atoms with Crippen LogP contribution in [0.4, 0.5) is 10.5 Å². The number of aromatic nitrogens is 3. The molecule has 0 spiro atoms. The number of aromatic hydroxyl groups is 1. The van der Waals surface area contributed by atoms with Crippen LogP contribution in [0.1, 0.15) is 16.2 Å². The second kappa shape index (κ2) is 5.90. The number of hydrogen-bond donors (Lipinski definition) is 4. The second-order valence-electron chi connectivity index (χ2n) is 4.18. The van der Waals surface area contributed by atoms with Crippen LogP contribution in [0.5, 0.6) is 5.75 Å². The van der Waals surface area contributed by atoms with E-state index in [1.165, 1.54) is 23.1 Å². The number of nitrogens with one attached hydrogen (secondary N) is 2. The molecule has 2 amide bonds. The zero-order chi connectivity index (χ0) is 15.4. The van der Waals surface area contributed by atoms with Gasteiger partial charge >= 0.3 is 12.0 Å². The topological polar surface area (TPSA) is 129 Å². The molecule has 1 aromatic carbocycles. The average molecular weight is 291 g/mol. The maximum absolute atomic E-state index is 11.7. The molecule has 110 valence electrons. The van der Waals surface area contributed by atoms with Gasteiger partial charge in [-0.05, 0) is 18.2 Å². The first-order valence-electron chi connectivity index (χ1n) is 5.91. The van der Waals surface area contributed by atoms with Crippen molar-refractivity contribution in [2.24, 2.45) is 7.05 Å². The van der Waals surface area contributed by atoms with Crippen LogP contribution in [0.15, 0.2) is 24.5 Å². The number of nitrogens with zero attached hydrogens (tertiary/aromatic N) is 3. The highest BCUT2D eigenvalue weighted by atomic mass is 16.4. The van der Waals surface area contributed by atoms with Gasteiger partial charge in [0.25, 0.3) is 0 Å². The van der Waals surface area contributed by atoms with Crippen molar-refractivity contribution in [3.05, 3.63) is 35.9 Å². The van der Waals surface area contributed by atoms with Gasteiger partial charge in [-0.3, -0.25) is 4.68 Å². The third kappa shape index (κ3) is 3.69. The summed E-state index contributed by atoms with van der Waals surface area (Å²) < 4.78 is 1.51. The molecule has 0 aliphatic heterocycles. The third-order valence-electron chi connectivity index (χ3n) is 2.54. The van der Waals surface area contributed by atoms with Crippen LogP contribution >= 0.6 is 0 Å². The molecule has 9 nitrogen and oxygen atoms in total. The molecule has 9 heteroatoms. The van der Waals surface area contributed by atoms with Gasteiger partial charge in [0.2, 0.25) is 0 Å². The Labute approximate surface area is 119 Å². The molecule has 2 aromatic rings. The minimum absolute atomic E-state index is 0.135. The van der Waals surface area contributed by atoms with E-state index in [0.717, 1.165) is 6.07 Å². The molecular weight excluding hydrogens is 278 g/mol. The first kappa shape index (κ1) is 14.3. The summed E-state index contributed by atoms with van der Waals surface area (Å²) in [5.74, 6) is -1.20. The van der Waals surface area contributed by atoms with Crippen molar-refractivity contribution >= 4 is 17.7 Å². The number of urea groups is 1. The van der Waals surface area contributed by atoms with Gasteiger partial charge in [0, 0.05) is 12.7 Å². The number of carboxylic acid groups (broad SMARTS) is 1. The van der Waals surface area contributed by atoms with Crippen molar-refractivity contribution in [2.75, 3.05) is 5.32 Å². The maximum Gasteiger partial charge on any atom is 0.339 e. The molecular formula is C12H13N5O4. The highest BCUT2D eigenvalue weighted by molar-refractivity contribution is 5.95. The summed E-state index contributed by atoms with van der Waals surface area (Å²) in [5, 5.41) is 27.2. The van der Waals surface area contributed by atoms with Gasteiger partial charge in [-0.2, -0.15) is 5.10 Å². The van der Waals surface area contributed by atoms with Crippen molar-refractivity contribution in [3.63, 3.8) is 0 Å². The fourth-order valence-electron chi connectivity index (χ4n) is 1.58. The summed E-state index contributed by atoms with van der Waals surface area (Å²) >= 11 is 0. The molecule has 0 unspecified atom stereocenters. The molecule has 0 atom stereocenters. The number of amides is 2. The van der Waals surface area contributed by atoms with E-state index in [9.17, 15) is 14.7 Å². The molecule has 0 radical (unpaired) electrons. The smallest absolute Gasteiger partial charge is 0.339 e. The van der Waals surface area contributed by atoms with Crippen LogP contribution in [-0.2, 0) is 13.6 Å². The highest BCUT2D eigenvalue weighted by Crippen LogP contribution is 2.21. The Morgan fingerprint density at radius 2 is 2.14 bits per heavy atom. The quantitative estimate of drug-likeness (QED) is 0.608. The summed E-state index contributed by atoms with van der Waals surface area (Å²) in [5.41, 5.74) is -0.0455. The van der Waals surface area contributed by atoms with Crippen molar-refractivity contribution in [1.29, 1.82) is 0 Å². The number of benzene rings is 1. The lowest BCUT2D eigenvalue weighted by Gasteiger charge is -2.07. The largest absolute Gasteiger partial charge is 0.507 e. The predicted octanol–water partition coefficient (Wildman–Crippen LogP) is 0.541. The van der Waals surface area contributed by atoms with Crippen molar-refractivity contribution in [2.45, 2.75) is 6.54 Å². The van der Waals surface area contributed by atoms with Crippen molar-refractivity contribution in [1.82, 2.24) is 20.1 Å². The van der Waals surface area contributed by atoms with E-state index >= 15 is 0 Å². The second-order valence-corrected chi connectivity index (χ2v) is 4.18. The molecule has 1 heterocycles. The van der Waals surface area contributed by atoms with Crippen LogP contribution in [0.2, 0.25) is 0 Å². The van der Waals surface area contributed by atoms with E-state index in [4.69, 9.17) is 5.11 Å². The molecule has 0 bridgehead atoms. The number of rotatable bonds is 4. The lowest BCUT2D eigenvalue weighted by atomic mass is 10.2. The number of anilines is 1. The first-order valence-corrected chi connectivity index (χ1v) is 5.91. The summed E-state index contributed by atoms with van der Waals surface area (Å²) in [6.45, 7) is 0.135. The van der Waals surface area contributed by atoms with Gasteiger partial charge in [-0.1, -0.05) is 0 Å². The lowest BCUT2D eigenvalue weighted by Crippen LogP contribution is -2.28. The molecule has 2 rings (SSSR count). The van der Waals surface area contributed by atoms with E-state index in [1.54, 1.807) is 7.05 Å². The van der Waals surface area contributed by atoms with E-state index in [2.05, 4.69) is 20.7 Å². The number of carboxylic acids is 1. The van der Waals surface area contributed by atoms with Crippen LogP contribution in [-0.4, -0.2) is 37.0 Å².